The Balaban J connectivity index is 2.05. The molecule has 0 aliphatic rings. The Morgan fingerprint density at radius 3 is 2.61 bits per heavy atom. The molecule has 2 aromatic rings. The fourth-order valence-corrected chi connectivity index (χ4v) is 2.50. The van der Waals surface area contributed by atoms with Crippen LogP contribution in [0.15, 0.2) is 46.9 Å². The molecule has 0 fully saturated rings. The van der Waals surface area contributed by atoms with E-state index in [0.29, 0.717) is 11.3 Å². The maximum absolute atomic E-state index is 12.0. The second kappa shape index (κ2) is 7.49. The van der Waals surface area contributed by atoms with Crippen LogP contribution in [-0.2, 0) is 0 Å². The van der Waals surface area contributed by atoms with Gasteiger partial charge in [0.15, 0.2) is 5.11 Å². The van der Waals surface area contributed by atoms with Gasteiger partial charge in [0.2, 0.25) is 0 Å². The topological polar surface area (TPSA) is 84.3 Å². The minimum atomic E-state index is -0.553. The highest BCUT2D eigenvalue weighted by atomic mass is 79.9. The number of carbonyl (C=O) groups excluding carboxylic acids is 1. The number of nitro benzene ring substituents is 1. The van der Waals surface area contributed by atoms with Crippen LogP contribution in [0.3, 0.4) is 0 Å². The highest BCUT2D eigenvalue weighted by Crippen LogP contribution is 2.26. The predicted molar refractivity (Wildman–Crippen MR) is 95.9 cm³/mol. The van der Waals surface area contributed by atoms with Crippen LogP contribution < -0.4 is 10.6 Å². The summed E-state index contributed by atoms with van der Waals surface area (Å²) in [5, 5.41) is 16.0. The van der Waals surface area contributed by atoms with Gasteiger partial charge in [0.05, 0.1) is 15.6 Å². The van der Waals surface area contributed by atoms with Gasteiger partial charge in [-0.1, -0.05) is 33.6 Å². The zero-order valence-corrected chi connectivity index (χ0v) is 14.5. The molecule has 0 radical (unpaired) electrons. The van der Waals surface area contributed by atoms with Crippen molar-refractivity contribution in [1.29, 1.82) is 0 Å². The van der Waals surface area contributed by atoms with Crippen LogP contribution in [0.25, 0.3) is 0 Å². The van der Waals surface area contributed by atoms with Crippen molar-refractivity contribution in [2.75, 3.05) is 5.32 Å². The van der Waals surface area contributed by atoms with Crippen molar-refractivity contribution < 1.29 is 9.72 Å². The fourth-order valence-electron chi connectivity index (χ4n) is 1.68. The summed E-state index contributed by atoms with van der Waals surface area (Å²) in [5.74, 6) is -0.387. The zero-order valence-electron chi connectivity index (χ0n) is 11.4. The molecule has 0 atom stereocenters. The van der Waals surface area contributed by atoms with E-state index in [9.17, 15) is 14.9 Å². The van der Waals surface area contributed by atoms with Crippen molar-refractivity contribution >= 4 is 62.1 Å². The molecule has 0 heterocycles. The van der Waals surface area contributed by atoms with Crippen LogP contribution >= 0.6 is 39.7 Å². The Kier molecular flexibility index (Phi) is 5.64. The lowest BCUT2D eigenvalue weighted by molar-refractivity contribution is -0.384. The third-order valence-electron chi connectivity index (χ3n) is 2.73. The van der Waals surface area contributed by atoms with Crippen LogP contribution in [0, 0.1) is 10.1 Å². The van der Waals surface area contributed by atoms with Gasteiger partial charge < -0.3 is 5.32 Å². The molecular formula is C14H9BrClN3O3S. The third-order valence-corrected chi connectivity index (χ3v) is 3.74. The number of nitro groups is 1. The first-order valence-electron chi connectivity index (χ1n) is 6.18. The Morgan fingerprint density at radius 2 is 2.00 bits per heavy atom. The van der Waals surface area contributed by atoms with Gasteiger partial charge in [0, 0.05) is 22.2 Å². The molecule has 0 saturated heterocycles. The number of nitrogens with zero attached hydrogens (tertiary/aromatic N) is 1. The summed E-state index contributed by atoms with van der Waals surface area (Å²) in [7, 11) is 0. The highest BCUT2D eigenvalue weighted by Gasteiger charge is 2.12. The third kappa shape index (κ3) is 4.72. The van der Waals surface area contributed by atoms with E-state index in [0.717, 1.165) is 4.47 Å². The van der Waals surface area contributed by atoms with Gasteiger partial charge in [0.1, 0.15) is 0 Å². The van der Waals surface area contributed by atoms with E-state index in [2.05, 4.69) is 26.6 Å². The number of hydrogen-bond donors (Lipinski definition) is 2. The Morgan fingerprint density at radius 1 is 1.26 bits per heavy atom. The predicted octanol–water partition coefficient (Wildman–Crippen LogP) is 4.14. The van der Waals surface area contributed by atoms with Crippen molar-refractivity contribution in [2.24, 2.45) is 0 Å². The number of hydrogen-bond acceptors (Lipinski definition) is 4. The summed E-state index contributed by atoms with van der Waals surface area (Å²) in [4.78, 5) is 22.1. The number of non-ortho nitro benzene ring substituents is 1. The number of carbonyl (C=O) groups is 1. The summed E-state index contributed by atoms with van der Waals surface area (Å²) in [5.41, 5.74) is 0.653. The van der Waals surface area contributed by atoms with E-state index in [-0.39, 0.29) is 21.7 Å². The minimum absolute atomic E-state index is 0.0331. The van der Waals surface area contributed by atoms with Crippen molar-refractivity contribution in [2.45, 2.75) is 0 Å². The first-order chi connectivity index (χ1) is 10.9. The Bertz CT molecular complexity index is 801. The molecule has 0 saturated carbocycles. The quantitative estimate of drug-likeness (QED) is 0.448. The normalized spacial score (nSPS) is 10.0. The van der Waals surface area contributed by atoms with Crippen molar-refractivity contribution in [3.63, 3.8) is 0 Å². The number of thiocarbonyl (C=S) groups is 1. The second-order valence-electron chi connectivity index (χ2n) is 4.34. The smallest absolute Gasteiger partial charge is 0.271 e. The molecule has 2 aromatic carbocycles. The summed E-state index contributed by atoms with van der Waals surface area (Å²) < 4.78 is 0.766. The molecule has 2 rings (SSSR count). The largest absolute Gasteiger partial charge is 0.331 e. The van der Waals surface area contributed by atoms with Crippen LogP contribution in [0.1, 0.15) is 10.4 Å². The monoisotopic (exact) mass is 413 g/mol. The molecule has 0 bridgehead atoms. The lowest BCUT2D eigenvalue weighted by atomic mass is 10.2. The first-order valence-corrected chi connectivity index (χ1v) is 7.76. The maximum Gasteiger partial charge on any atom is 0.271 e. The van der Waals surface area contributed by atoms with Gasteiger partial charge in [-0.25, -0.2) is 0 Å². The van der Waals surface area contributed by atoms with E-state index in [1.54, 1.807) is 24.3 Å². The van der Waals surface area contributed by atoms with Gasteiger partial charge in [-0.15, -0.1) is 0 Å². The van der Waals surface area contributed by atoms with Crippen molar-refractivity contribution in [3.8, 4) is 0 Å². The molecule has 1 amide bonds. The maximum atomic E-state index is 12.0. The average Bonchev–Trinajstić information content (AvgIpc) is 2.49. The molecule has 0 aromatic heterocycles. The summed E-state index contributed by atoms with van der Waals surface area (Å²) >= 11 is 14.3. The number of halogens is 2. The molecule has 0 aliphatic carbocycles. The van der Waals surface area contributed by atoms with E-state index in [1.165, 1.54) is 18.2 Å². The van der Waals surface area contributed by atoms with Gasteiger partial charge in [0.25, 0.3) is 11.6 Å². The van der Waals surface area contributed by atoms with E-state index in [1.807, 2.05) is 0 Å². The van der Waals surface area contributed by atoms with Crippen LogP contribution in [0.2, 0.25) is 5.02 Å². The highest BCUT2D eigenvalue weighted by molar-refractivity contribution is 9.10. The lowest BCUT2D eigenvalue weighted by Crippen LogP contribution is -2.34. The van der Waals surface area contributed by atoms with E-state index < -0.39 is 4.92 Å². The number of anilines is 1. The summed E-state index contributed by atoms with van der Waals surface area (Å²) in [6.45, 7) is 0. The van der Waals surface area contributed by atoms with Gasteiger partial charge in [-0.2, -0.15) is 0 Å². The Hall–Kier alpha value is -2.03. The second-order valence-corrected chi connectivity index (χ2v) is 6.07. The molecule has 9 heteroatoms. The number of amides is 1. The molecule has 2 N–H and O–H groups in total. The molecule has 0 aliphatic heterocycles. The summed E-state index contributed by atoms with van der Waals surface area (Å²) in [6, 6.07) is 10.7. The number of benzene rings is 2. The van der Waals surface area contributed by atoms with Crippen LogP contribution in [0.5, 0.6) is 0 Å². The van der Waals surface area contributed by atoms with E-state index in [4.69, 9.17) is 23.8 Å². The van der Waals surface area contributed by atoms with Gasteiger partial charge in [-0.3, -0.25) is 20.2 Å². The molecular weight excluding hydrogens is 406 g/mol. The van der Waals surface area contributed by atoms with Gasteiger partial charge in [-0.05, 0) is 36.5 Å². The van der Waals surface area contributed by atoms with Crippen molar-refractivity contribution in [3.05, 3.63) is 67.6 Å². The molecule has 0 spiro atoms. The fraction of sp³-hybridized carbons (Fsp3) is 0. The lowest BCUT2D eigenvalue weighted by Gasteiger charge is -2.11. The van der Waals surface area contributed by atoms with E-state index >= 15 is 0 Å². The van der Waals surface area contributed by atoms with Gasteiger partial charge >= 0.3 is 0 Å². The standard InChI is InChI=1S/C14H9BrClN3O3S/c15-9-3-1-2-8(6-9)13(20)18-14(23)17-12-5-4-10(19(21)22)7-11(12)16/h1-7H,(H2,17,18,20,23). The molecule has 118 valence electrons. The molecule has 23 heavy (non-hydrogen) atoms. The van der Waals surface area contributed by atoms with Crippen molar-refractivity contribution in [1.82, 2.24) is 5.32 Å². The van der Waals surface area contributed by atoms with Crippen LogP contribution in [0.4, 0.5) is 11.4 Å². The molecule has 6 nitrogen and oxygen atoms in total. The zero-order chi connectivity index (χ0) is 17.0. The Labute approximate surface area is 150 Å². The SMILES string of the molecule is O=C(NC(=S)Nc1ccc([N+](=O)[O-])cc1Cl)c1cccc(Br)c1. The minimum Gasteiger partial charge on any atom is -0.331 e. The van der Waals surface area contributed by atoms with Crippen LogP contribution in [-0.4, -0.2) is 15.9 Å². The number of nitrogens with one attached hydrogen (secondary N) is 2. The summed E-state index contributed by atoms with van der Waals surface area (Å²) in [6.07, 6.45) is 0. The average molecular weight is 415 g/mol. The number of rotatable bonds is 3. The first kappa shape index (κ1) is 17.3. The molecule has 0 unspecified atom stereocenters.